The Hall–Kier alpha value is -0.680. The van der Waals surface area contributed by atoms with Crippen molar-refractivity contribution in [3.05, 3.63) is 34.4 Å². The Kier molecular flexibility index (Phi) is 7.20. The van der Waals surface area contributed by atoms with Crippen LogP contribution in [-0.4, -0.2) is 23.6 Å². The number of non-ortho nitro benzene ring substituents is 1. The Morgan fingerprint density at radius 3 is 2.22 bits per heavy atom. The highest BCUT2D eigenvalue weighted by Crippen LogP contribution is 2.43. The molecule has 0 heterocycles. The van der Waals surface area contributed by atoms with Gasteiger partial charge in [0.15, 0.2) is 8.38 Å². The molecule has 1 rings (SSSR count). The molecule has 5 nitrogen and oxygen atoms in total. The summed E-state index contributed by atoms with van der Waals surface area (Å²) in [4.78, 5) is 11.1. The molecule has 0 fully saturated rings. The molecule has 0 N–H and O–H groups in total. The van der Waals surface area contributed by atoms with E-state index in [0.717, 1.165) is 10.4 Å². The number of benzene rings is 1. The van der Waals surface area contributed by atoms with E-state index in [4.69, 9.17) is 9.05 Å². The molecule has 0 amide bonds. The minimum Gasteiger partial charge on any atom is -0.334 e. The fraction of sp³-hybridized carbons (Fsp3) is 0.455. The van der Waals surface area contributed by atoms with E-state index in [0.29, 0.717) is 13.2 Å². The minimum atomic E-state index is -0.876. The van der Waals surface area contributed by atoms with Gasteiger partial charge in [-0.1, -0.05) is 0 Å². The van der Waals surface area contributed by atoms with Gasteiger partial charge in [0.1, 0.15) is 0 Å². The van der Waals surface area contributed by atoms with E-state index in [1.54, 1.807) is 23.9 Å². The number of nitro groups is 1. The summed E-state index contributed by atoms with van der Waals surface area (Å²) in [5, 5.41) is 10.5. The van der Waals surface area contributed by atoms with Gasteiger partial charge in [-0.15, -0.1) is 11.8 Å². The van der Waals surface area contributed by atoms with Crippen molar-refractivity contribution >= 4 is 25.8 Å². The Morgan fingerprint density at radius 2 is 1.78 bits per heavy atom. The highest BCUT2D eigenvalue weighted by Gasteiger charge is 2.10. The molecular weight excluding hydrogens is 273 g/mol. The first-order valence-electron chi connectivity index (χ1n) is 5.58. The van der Waals surface area contributed by atoms with E-state index in [9.17, 15) is 10.1 Å². The molecule has 1 aromatic rings. The lowest BCUT2D eigenvalue weighted by Gasteiger charge is -2.14. The Labute approximate surface area is 112 Å². The molecule has 18 heavy (non-hydrogen) atoms. The summed E-state index contributed by atoms with van der Waals surface area (Å²) in [5.41, 5.74) is 0.839. The molecule has 0 saturated carbocycles. The van der Waals surface area contributed by atoms with E-state index in [1.165, 1.54) is 12.1 Å². The Balaban J connectivity index is 2.48. The van der Waals surface area contributed by atoms with Gasteiger partial charge >= 0.3 is 0 Å². The second kappa shape index (κ2) is 8.43. The molecule has 0 spiro atoms. The van der Waals surface area contributed by atoms with Crippen LogP contribution in [0.2, 0.25) is 0 Å². The average molecular weight is 289 g/mol. The SMILES string of the molecule is CCOP(CSc1ccc([N+](=O)[O-])cc1)OCC. The lowest BCUT2D eigenvalue weighted by Crippen LogP contribution is -1.92. The van der Waals surface area contributed by atoms with Crippen molar-refractivity contribution in [2.75, 3.05) is 18.7 Å². The zero-order valence-electron chi connectivity index (χ0n) is 10.4. The molecule has 0 aliphatic heterocycles. The summed E-state index contributed by atoms with van der Waals surface area (Å²) >= 11 is 1.59. The first-order valence-corrected chi connectivity index (χ1v) is 7.92. The number of nitrogens with zero attached hydrogens (tertiary/aromatic N) is 1. The van der Waals surface area contributed by atoms with E-state index < -0.39 is 13.3 Å². The first kappa shape index (κ1) is 15.4. The maximum atomic E-state index is 10.5. The second-order valence-electron chi connectivity index (χ2n) is 3.19. The van der Waals surface area contributed by atoms with Crippen LogP contribution in [0.1, 0.15) is 13.8 Å². The molecule has 0 aliphatic rings. The van der Waals surface area contributed by atoms with Crippen molar-refractivity contribution in [3.8, 4) is 0 Å². The van der Waals surface area contributed by atoms with Crippen LogP contribution >= 0.6 is 20.1 Å². The number of hydrogen-bond acceptors (Lipinski definition) is 5. The van der Waals surface area contributed by atoms with Gasteiger partial charge in [-0.3, -0.25) is 10.1 Å². The van der Waals surface area contributed by atoms with Crippen molar-refractivity contribution in [2.45, 2.75) is 18.7 Å². The summed E-state index contributed by atoms with van der Waals surface area (Å²) in [6, 6.07) is 6.50. The lowest BCUT2D eigenvalue weighted by atomic mass is 10.3. The number of nitro benzene ring substituents is 1. The number of thioether (sulfide) groups is 1. The fourth-order valence-corrected chi connectivity index (χ4v) is 3.78. The van der Waals surface area contributed by atoms with Crippen LogP contribution in [0.15, 0.2) is 29.2 Å². The normalized spacial score (nSPS) is 10.8. The van der Waals surface area contributed by atoms with Gasteiger partial charge in [-0.2, -0.15) is 0 Å². The van der Waals surface area contributed by atoms with Crippen LogP contribution in [0.25, 0.3) is 0 Å². The summed E-state index contributed by atoms with van der Waals surface area (Å²) in [7, 11) is -0.876. The monoisotopic (exact) mass is 289 g/mol. The molecule has 0 aliphatic carbocycles. The molecule has 0 saturated heterocycles. The standard InChI is InChI=1S/C11H16NO4PS/c1-3-15-17(16-4-2)9-18-11-7-5-10(6-8-11)12(13)14/h5-8H,3-4,9H2,1-2H3. The first-order chi connectivity index (χ1) is 8.67. The van der Waals surface area contributed by atoms with Gasteiger partial charge < -0.3 is 9.05 Å². The zero-order valence-corrected chi connectivity index (χ0v) is 12.1. The third kappa shape index (κ3) is 5.31. The van der Waals surface area contributed by atoms with Gasteiger partial charge in [0.2, 0.25) is 0 Å². The van der Waals surface area contributed by atoms with Crippen molar-refractivity contribution in [2.24, 2.45) is 0 Å². The highest BCUT2D eigenvalue weighted by molar-refractivity contribution is 8.04. The average Bonchev–Trinajstić information content (AvgIpc) is 2.37. The van der Waals surface area contributed by atoms with Gasteiger partial charge in [-0.25, -0.2) is 0 Å². The summed E-state index contributed by atoms with van der Waals surface area (Å²) < 4.78 is 11.0. The van der Waals surface area contributed by atoms with Crippen LogP contribution < -0.4 is 0 Å². The molecular formula is C11H16NO4PS. The van der Waals surface area contributed by atoms with Crippen LogP contribution in [0, 0.1) is 10.1 Å². The molecule has 0 aromatic heterocycles. The molecule has 0 bridgehead atoms. The molecule has 7 heteroatoms. The maximum Gasteiger partial charge on any atom is 0.269 e. The highest BCUT2D eigenvalue weighted by atomic mass is 32.2. The van der Waals surface area contributed by atoms with E-state index in [-0.39, 0.29) is 5.69 Å². The van der Waals surface area contributed by atoms with Crippen LogP contribution in [0.3, 0.4) is 0 Å². The summed E-state index contributed by atoms with van der Waals surface area (Å²) in [6.45, 7) is 5.13. The molecule has 0 atom stereocenters. The van der Waals surface area contributed by atoms with Crippen molar-refractivity contribution < 1.29 is 14.0 Å². The van der Waals surface area contributed by atoms with Gasteiger partial charge in [-0.05, 0) is 26.0 Å². The Bertz CT molecular complexity index is 368. The third-order valence-corrected chi connectivity index (χ3v) is 4.99. The summed E-state index contributed by atoms with van der Waals surface area (Å²) in [6.07, 6.45) is 0. The summed E-state index contributed by atoms with van der Waals surface area (Å²) in [5.74, 6) is 0. The largest absolute Gasteiger partial charge is 0.334 e. The molecule has 100 valence electrons. The van der Waals surface area contributed by atoms with E-state index in [2.05, 4.69) is 0 Å². The smallest absolute Gasteiger partial charge is 0.269 e. The lowest BCUT2D eigenvalue weighted by molar-refractivity contribution is -0.384. The predicted octanol–water partition coefficient (Wildman–Crippen LogP) is 4.03. The van der Waals surface area contributed by atoms with Crippen LogP contribution in [-0.2, 0) is 9.05 Å². The zero-order chi connectivity index (χ0) is 13.4. The maximum absolute atomic E-state index is 10.5. The van der Waals surface area contributed by atoms with Crippen LogP contribution in [0.4, 0.5) is 5.69 Å². The predicted molar refractivity (Wildman–Crippen MR) is 74.0 cm³/mol. The van der Waals surface area contributed by atoms with E-state index in [1.807, 2.05) is 13.8 Å². The van der Waals surface area contributed by atoms with Crippen LogP contribution in [0.5, 0.6) is 0 Å². The topological polar surface area (TPSA) is 61.6 Å². The van der Waals surface area contributed by atoms with Gasteiger partial charge in [0.25, 0.3) is 5.69 Å². The van der Waals surface area contributed by atoms with Crippen molar-refractivity contribution in [3.63, 3.8) is 0 Å². The van der Waals surface area contributed by atoms with E-state index >= 15 is 0 Å². The number of hydrogen-bond donors (Lipinski definition) is 0. The molecule has 0 unspecified atom stereocenters. The quantitative estimate of drug-likeness (QED) is 0.313. The van der Waals surface area contributed by atoms with Crippen molar-refractivity contribution in [1.82, 2.24) is 0 Å². The Morgan fingerprint density at radius 1 is 1.22 bits per heavy atom. The van der Waals surface area contributed by atoms with Crippen molar-refractivity contribution in [1.29, 1.82) is 0 Å². The molecule has 1 aromatic carbocycles. The third-order valence-electron chi connectivity index (χ3n) is 1.93. The molecule has 0 radical (unpaired) electrons. The fourth-order valence-electron chi connectivity index (χ4n) is 1.19. The second-order valence-corrected chi connectivity index (χ2v) is 6.17. The minimum absolute atomic E-state index is 0.108. The number of rotatable bonds is 8. The van der Waals surface area contributed by atoms with Gasteiger partial charge in [0.05, 0.1) is 23.6 Å². The van der Waals surface area contributed by atoms with Gasteiger partial charge in [0, 0.05) is 17.0 Å².